The van der Waals surface area contributed by atoms with Gasteiger partial charge in [0.05, 0.1) is 6.33 Å². The standard InChI is InChI=1S/C22H27FO2/c1-12-9-14(24)10-18-15(11-23)13(2)20-16-5-6-19(25)21(16,3)8-7-17(20)22(12,18)4/h9-11,13,16-17,20H,5-8H2,1-4H3/t13-,16+,17+,20+,21+,22-/m1/s1. The minimum atomic E-state index is -0.296. The van der Waals surface area contributed by atoms with Crippen LogP contribution in [0.3, 0.4) is 0 Å². The zero-order valence-electron chi connectivity index (χ0n) is 15.6. The maximum Gasteiger partial charge on any atom is 0.178 e. The van der Waals surface area contributed by atoms with Gasteiger partial charge in [0.1, 0.15) is 5.78 Å². The number of fused-ring (bicyclic) bond motifs is 5. The zero-order chi connectivity index (χ0) is 18.1. The minimum absolute atomic E-state index is 0.0355. The molecule has 4 rings (SSSR count). The van der Waals surface area contributed by atoms with E-state index in [1.807, 2.05) is 6.92 Å². The highest BCUT2D eigenvalue weighted by atomic mass is 19.1. The molecule has 0 unspecified atom stereocenters. The van der Waals surface area contributed by atoms with Crippen molar-refractivity contribution in [2.75, 3.05) is 0 Å². The Morgan fingerprint density at radius 3 is 2.56 bits per heavy atom. The maximum absolute atomic E-state index is 14.0. The fourth-order valence-electron chi connectivity index (χ4n) is 6.73. The molecular formula is C22H27FO2. The van der Waals surface area contributed by atoms with Crippen LogP contribution in [-0.4, -0.2) is 11.6 Å². The summed E-state index contributed by atoms with van der Waals surface area (Å²) in [5, 5.41) is 0. The van der Waals surface area contributed by atoms with E-state index in [9.17, 15) is 14.0 Å². The Bertz CT molecular complexity index is 758. The highest BCUT2D eigenvalue weighted by Gasteiger charge is 2.62. The summed E-state index contributed by atoms with van der Waals surface area (Å²) in [5.74, 6) is 1.39. The monoisotopic (exact) mass is 342 g/mol. The fourth-order valence-corrected chi connectivity index (χ4v) is 6.73. The van der Waals surface area contributed by atoms with Crippen molar-refractivity contribution in [3.05, 3.63) is 35.2 Å². The largest absolute Gasteiger partial charge is 0.299 e. The number of carbonyl (C=O) groups excluding carboxylic acids is 2. The van der Waals surface area contributed by atoms with Crippen molar-refractivity contribution < 1.29 is 14.0 Å². The number of Topliss-reactive ketones (excluding diaryl/α,β-unsaturated/α-hetero) is 1. The second-order valence-electron chi connectivity index (χ2n) is 9.05. The summed E-state index contributed by atoms with van der Waals surface area (Å²) < 4.78 is 14.0. The number of hydrogen-bond acceptors (Lipinski definition) is 2. The lowest BCUT2D eigenvalue weighted by Crippen LogP contribution is -2.54. The third kappa shape index (κ3) is 1.96. The van der Waals surface area contributed by atoms with E-state index < -0.39 is 0 Å². The molecule has 0 aromatic heterocycles. The molecule has 0 aliphatic heterocycles. The lowest BCUT2D eigenvalue weighted by molar-refractivity contribution is -0.132. The topological polar surface area (TPSA) is 34.1 Å². The maximum atomic E-state index is 14.0. The molecule has 3 fully saturated rings. The molecule has 3 heteroatoms. The SMILES string of the molecule is CC1=CC(=O)C=C2C(=CF)[C@@H](C)[C@@H]3[C@H](CC[C@]4(C)C(=O)CC[C@@H]34)[C@@]12C. The molecule has 0 aromatic carbocycles. The first-order valence-electron chi connectivity index (χ1n) is 9.54. The van der Waals surface area contributed by atoms with Crippen molar-refractivity contribution in [3.63, 3.8) is 0 Å². The van der Waals surface area contributed by atoms with Gasteiger partial charge in [0.2, 0.25) is 0 Å². The van der Waals surface area contributed by atoms with E-state index in [1.54, 1.807) is 12.2 Å². The normalized spacial score (nSPS) is 47.8. The summed E-state index contributed by atoms with van der Waals surface area (Å²) in [5.41, 5.74) is 2.06. The van der Waals surface area contributed by atoms with Gasteiger partial charge < -0.3 is 0 Å². The second kappa shape index (κ2) is 5.25. The molecule has 0 saturated heterocycles. The molecule has 25 heavy (non-hydrogen) atoms. The first-order valence-corrected chi connectivity index (χ1v) is 9.54. The quantitative estimate of drug-likeness (QED) is 0.623. The van der Waals surface area contributed by atoms with Gasteiger partial charge in [-0.3, -0.25) is 9.59 Å². The Kier molecular flexibility index (Phi) is 3.55. The van der Waals surface area contributed by atoms with Gasteiger partial charge in [0.15, 0.2) is 5.78 Å². The van der Waals surface area contributed by atoms with Gasteiger partial charge >= 0.3 is 0 Å². The zero-order valence-corrected chi connectivity index (χ0v) is 15.6. The van der Waals surface area contributed by atoms with Crippen molar-refractivity contribution in [2.45, 2.75) is 53.4 Å². The van der Waals surface area contributed by atoms with Crippen LogP contribution in [0.2, 0.25) is 0 Å². The van der Waals surface area contributed by atoms with Gasteiger partial charge in [0, 0.05) is 17.3 Å². The molecule has 6 atom stereocenters. The van der Waals surface area contributed by atoms with Crippen molar-refractivity contribution in [3.8, 4) is 0 Å². The van der Waals surface area contributed by atoms with Crippen LogP contribution < -0.4 is 0 Å². The van der Waals surface area contributed by atoms with Crippen LogP contribution in [0.5, 0.6) is 0 Å². The number of carbonyl (C=O) groups is 2. The molecule has 134 valence electrons. The summed E-state index contributed by atoms with van der Waals surface area (Å²) in [4.78, 5) is 24.7. The molecule has 0 heterocycles. The Morgan fingerprint density at radius 2 is 1.88 bits per heavy atom. The number of hydrogen-bond donors (Lipinski definition) is 0. The molecule has 4 aliphatic rings. The number of rotatable bonds is 0. The summed E-state index contributed by atoms with van der Waals surface area (Å²) in [6.45, 7) is 8.43. The third-order valence-corrected chi connectivity index (χ3v) is 8.30. The smallest absolute Gasteiger partial charge is 0.178 e. The summed E-state index contributed by atoms with van der Waals surface area (Å²) in [7, 11) is 0. The number of ketones is 2. The number of allylic oxidation sites excluding steroid dienone is 5. The molecule has 0 radical (unpaired) electrons. The third-order valence-electron chi connectivity index (χ3n) is 8.30. The lowest BCUT2D eigenvalue weighted by atomic mass is 9.44. The first-order chi connectivity index (χ1) is 11.7. The van der Waals surface area contributed by atoms with E-state index >= 15 is 0 Å². The lowest BCUT2D eigenvalue weighted by Gasteiger charge is -2.59. The Labute approximate surface area is 149 Å². The van der Waals surface area contributed by atoms with Crippen LogP contribution in [-0.2, 0) is 9.59 Å². The fraction of sp³-hybridized carbons (Fsp3) is 0.636. The molecule has 0 amide bonds. The van der Waals surface area contributed by atoms with Crippen molar-refractivity contribution in [2.24, 2.45) is 34.5 Å². The van der Waals surface area contributed by atoms with Crippen LogP contribution in [0.15, 0.2) is 35.2 Å². The summed E-state index contributed by atoms with van der Waals surface area (Å²) >= 11 is 0. The van der Waals surface area contributed by atoms with Gasteiger partial charge in [-0.05, 0) is 73.2 Å². The average molecular weight is 342 g/mol. The summed E-state index contributed by atoms with van der Waals surface area (Å²) in [6.07, 6.45) is 7.58. The molecule has 0 aromatic rings. The van der Waals surface area contributed by atoms with Gasteiger partial charge in [-0.2, -0.15) is 0 Å². The van der Waals surface area contributed by atoms with Gasteiger partial charge in [0.25, 0.3) is 0 Å². The van der Waals surface area contributed by atoms with E-state index in [-0.39, 0.29) is 22.5 Å². The van der Waals surface area contributed by atoms with Crippen molar-refractivity contribution in [1.82, 2.24) is 0 Å². The molecular weight excluding hydrogens is 315 g/mol. The van der Waals surface area contributed by atoms with Crippen LogP contribution >= 0.6 is 0 Å². The van der Waals surface area contributed by atoms with E-state index in [0.717, 1.165) is 36.7 Å². The highest BCUT2D eigenvalue weighted by molar-refractivity contribution is 6.02. The van der Waals surface area contributed by atoms with E-state index in [4.69, 9.17) is 0 Å². The molecule has 2 nitrogen and oxygen atoms in total. The van der Waals surface area contributed by atoms with E-state index in [0.29, 0.717) is 35.5 Å². The van der Waals surface area contributed by atoms with E-state index in [1.165, 1.54) is 0 Å². The predicted molar refractivity (Wildman–Crippen MR) is 95.4 cm³/mol. The average Bonchev–Trinajstić information content (AvgIpc) is 2.86. The van der Waals surface area contributed by atoms with Crippen LogP contribution in [0, 0.1) is 34.5 Å². The van der Waals surface area contributed by atoms with Gasteiger partial charge in [-0.25, -0.2) is 4.39 Å². The first kappa shape index (κ1) is 16.9. The van der Waals surface area contributed by atoms with Gasteiger partial charge in [-0.15, -0.1) is 0 Å². The molecule has 3 saturated carbocycles. The molecule has 0 N–H and O–H groups in total. The Hall–Kier alpha value is -1.51. The summed E-state index contributed by atoms with van der Waals surface area (Å²) in [6, 6.07) is 0. The Morgan fingerprint density at radius 1 is 1.16 bits per heavy atom. The van der Waals surface area contributed by atoms with Crippen LogP contribution in [0.4, 0.5) is 4.39 Å². The second-order valence-corrected chi connectivity index (χ2v) is 9.05. The molecule has 0 bridgehead atoms. The number of halogens is 1. The highest BCUT2D eigenvalue weighted by Crippen LogP contribution is 2.67. The van der Waals surface area contributed by atoms with Crippen molar-refractivity contribution in [1.29, 1.82) is 0 Å². The van der Waals surface area contributed by atoms with Crippen LogP contribution in [0.1, 0.15) is 53.4 Å². The van der Waals surface area contributed by atoms with Crippen molar-refractivity contribution >= 4 is 11.6 Å². The van der Waals surface area contributed by atoms with E-state index in [2.05, 4.69) is 20.8 Å². The predicted octanol–water partition coefficient (Wildman–Crippen LogP) is 4.96. The molecule has 0 spiro atoms. The molecule has 4 aliphatic carbocycles. The Balaban J connectivity index is 1.89. The van der Waals surface area contributed by atoms with Crippen LogP contribution in [0.25, 0.3) is 0 Å². The van der Waals surface area contributed by atoms with Gasteiger partial charge in [-0.1, -0.05) is 26.3 Å². The minimum Gasteiger partial charge on any atom is -0.299 e.